The smallest absolute Gasteiger partial charge is 0.251 e. The van der Waals surface area contributed by atoms with Gasteiger partial charge in [0.15, 0.2) is 0 Å². The molecule has 4 heterocycles. The molecule has 0 amide bonds. The molecular formula is C19H25AlN6S. The summed E-state index contributed by atoms with van der Waals surface area (Å²) in [6.45, 7) is 5.16. The van der Waals surface area contributed by atoms with Gasteiger partial charge in [0.2, 0.25) is 5.13 Å². The zero-order valence-electron chi connectivity index (χ0n) is 16.5. The lowest BCUT2D eigenvalue weighted by atomic mass is 10.1. The summed E-state index contributed by atoms with van der Waals surface area (Å²) in [5.41, 5.74) is 3.12. The third kappa shape index (κ3) is 4.29. The molecule has 140 valence electrons. The quantitative estimate of drug-likeness (QED) is 0.473. The van der Waals surface area contributed by atoms with E-state index in [4.69, 9.17) is 4.98 Å². The molecule has 27 heavy (non-hydrogen) atoms. The fourth-order valence-electron chi connectivity index (χ4n) is 2.92. The Morgan fingerprint density at radius 2 is 1.93 bits per heavy atom. The lowest BCUT2D eigenvalue weighted by molar-refractivity contribution is 0.655. The Labute approximate surface area is 168 Å². The van der Waals surface area contributed by atoms with Crippen molar-refractivity contribution in [1.29, 1.82) is 0 Å². The van der Waals surface area contributed by atoms with E-state index < -0.39 is 0 Å². The topological polar surface area (TPSA) is 61.4 Å². The summed E-state index contributed by atoms with van der Waals surface area (Å²) in [5.74, 6) is 8.04. The van der Waals surface area contributed by atoms with Crippen LogP contribution in [-0.2, 0) is 6.54 Å². The van der Waals surface area contributed by atoms with Gasteiger partial charge in [-0.15, -0.1) is 28.7 Å². The fourth-order valence-corrected chi connectivity index (χ4v) is 3.53. The van der Waals surface area contributed by atoms with Crippen molar-refractivity contribution in [3.8, 4) is 5.13 Å². The Balaban J connectivity index is 0.000000481. The number of pyridine rings is 1. The van der Waals surface area contributed by atoms with E-state index in [2.05, 4.69) is 50.8 Å². The lowest BCUT2D eigenvalue weighted by Gasteiger charge is -2.14. The van der Waals surface area contributed by atoms with Crippen molar-refractivity contribution in [3.63, 3.8) is 0 Å². The van der Waals surface area contributed by atoms with Gasteiger partial charge in [0.25, 0.3) is 14.1 Å². The standard InChI is InChI=1S/C16H16N6S.3CH3.Al/c1-3-21-14-4-6-17-10-12(14)20-15(21)11(2)13-5-7-19-22(13)16-18-8-9-23-16;;;;/h4-11H,3H2,1-2H3;3*1H3;. The molecule has 0 spiro atoms. The number of hydrogen-bond donors (Lipinski definition) is 0. The highest BCUT2D eigenvalue weighted by atomic mass is 32.1. The highest BCUT2D eigenvalue weighted by Gasteiger charge is 2.21. The Bertz CT molecular complexity index is 986. The van der Waals surface area contributed by atoms with Crippen molar-refractivity contribution >= 4 is 36.5 Å². The van der Waals surface area contributed by atoms with Crippen molar-refractivity contribution in [1.82, 2.24) is 29.3 Å². The summed E-state index contributed by atoms with van der Waals surface area (Å²) in [4.78, 5) is 13.3. The number of aryl methyl sites for hydroxylation is 1. The van der Waals surface area contributed by atoms with Crippen LogP contribution in [0.3, 0.4) is 0 Å². The van der Waals surface area contributed by atoms with E-state index in [0.717, 1.165) is 34.2 Å². The van der Waals surface area contributed by atoms with E-state index in [1.807, 2.05) is 40.8 Å². The molecule has 0 bridgehead atoms. The van der Waals surface area contributed by atoms with E-state index >= 15 is 0 Å². The highest BCUT2D eigenvalue weighted by Crippen LogP contribution is 2.28. The number of nitrogens with zero attached hydrogens (tertiary/aromatic N) is 6. The molecule has 0 aliphatic heterocycles. The molecule has 8 heteroatoms. The van der Waals surface area contributed by atoms with Gasteiger partial charge in [-0.3, -0.25) is 4.98 Å². The molecule has 4 aromatic heterocycles. The normalized spacial score (nSPS) is 11.9. The minimum absolute atomic E-state index is 0.105. The van der Waals surface area contributed by atoms with Crippen LogP contribution >= 0.6 is 11.3 Å². The zero-order chi connectivity index (χ0) is 19.4. The minimum atomic E-state index is -0.139. The largest absolute Gasteiger partial charge is 0.328 e. The van der Waals surface area contributed by atoms with Gasteiger partial charge in [-0.1, -0.05) is 0 Å². The van der Waals surface area contributed by atoms with Gasteiger partial charge in [-0.25, -0.2) is 14.6 Å². The van der Waals surface area contributed by atoms with Crippen LogP contribution in [0.15, 0.2) is 42.3 Å². The molecule has 4 rings (SSSR count). The predicted molar refractivity (Wildman–Crippen MR) is 113 cm³/mol. The number of rotatable bonds is 4. The second-order valence-corrected chi connectivity index (χ2v) is 11.4. The van der Waals surface area contributed by atoms with Gasteiger partial charge in [0, 0.05) is 30.5 Å². The predicted octanol–water partition coefficient (Wildman–Crippen LogP) is 4.62. The van der Waals surface area contributed by atoms with Crippen molar-refractivity contribution in [2.24, 2.45) is 0 Å². The Morgan fingerprint density at radius 3 is 2.59 bits per heavy atom. The molecule has 0 aliphatic rings. The third-order valence-electron chi connectivity index (χ3n) is 4.00. The van der Waals surface area contributed by atoms with Crippen LogP contribution in [0, 0.1) is 0 Å². The molecule has 0 saturated carbocycles. The van der Waals surface area contributed by atoms with Gasteiger partial charge in [-0.2, -0.15) is 5.10 Å². The van der Waals surface area contributed by atoms with Crippen LogP contribution in [0.5, 0.6) is 0 Å². The van der Waals surface area contributed by atoms with Crippen molar-refractivity contribution < 1.29 is 0 Å². The number of hydrogen-bond acceptors (Lipinski definition) is 5. The lowest BCUT2D eigenvalue weighted by Crippen LogP contribution is -2.11. The maximum atomic E-state index is 4.80. The summed E-state index contributed by atoms with van der Waals surface area (Å²) in [7, 11) is 0. The molecular weight excluding hydrogens is 371 g/mol. The van der Waals surface area contributed by atoms with E-state index in [9.17, 15) is 0 Å². The molecule has 1 atom stereocenters. The maximum absolute atomic E-state index is 4.80. The molecule has 0 saturated heterocycles. The average Bonchev–Trinajstić information content (AvgIpc) is 3.37. The number of thiazole rings is 1. The zero-order valence-corrected chi connectivity index (χ0v) is 18.5. The number of imidazole rings is 1. The van der Waals surface area contributed by atoms with Gasteiger partial charge < -0.3 is 4.57 Å². The van der Waals surface area contributed by atoms with Crippen LogP contribution in [0.4, 0.5) is 0 Å². The van der Waals surface area contributed by atoms with Crippen molar-refractivity contribution in [2.45, 2.75) is 43.7 Å². The van der Waals surface area contributed by atoms with Crippen LogP contribution in [0.1, 0.15) is 31.3 Å². The first-order chi connectivity index (χ1) is 13.0. The van der Waals surface area contributed by atoms with Crippen LogP contribution < -0.4 is 0 Å². The van der Waals surface area contributed by atoms with E-state index in [-0.39, 0.29) is 20.1 Å². The maximum Gasteiger partial charge on any atom is 0.251 e. The van der Waals surface area contributed by atoms with Gasteiger partial charge >= 0.3 is 0 Å². The number of aromatic nitrogens is 6. The average molecular weight is 397 g/mol. The molecule has 0 radical (unpaired) electrons. The van der Waals surface area contributed by atoms with Gasteiger partial charge in [0.05, 0.1) is 23.3 Å². The number of fused-ring (bicyclic) bond motifs is 1. The summed E-state index contributed by atoms with van der Waals surface area (Å²) in [6, 6.07) is 4.05. The second kappa shape index (κ2) is 8.79. The Kier molecular flexibility index (Phi) is 6.43. The third-order valence-corrected chi connectivity index (χ3v) is 4.75. The molecule has 0 fully saturated rings. The summed E-state index contributed by atoms with van der Waals surface area (Å²) in [6.07, 6.45) is 7.23. The van der Waals surface area contributed by atoms with Gasteiger partial charge in [0.1, 0.15) is 11.3 Å². The van der Waals surface area contributed by atoms with E-state index in [1.165, 1.54) is 0 Å². The first-order valence-corrected chi connectivity index (χ1v) is 13.6. The Hall–Kier alpha value is -2.01. The first-order valence-electron chi connectivity index (χ1n) is 9.26. The van der Waals surface area contributed by atoms with E-state index in [0.29, 0.717) is 0 Å². The summed E-state index contributed by atoms with van der Waals surface area (Å²) >= 11 is 1.44. The highest BCUT2D eigenvalue weighted by molar-refractivity contribution is 7.12. The molecule has 6 nitrogen and oxygen atoms in total. The minimum Gasteiger partial charge on any atom is -0.328 e. The van der Waals surface area contributed by atoms with Crippen molar-refractivity contribution in [3.05, 3.63) is 53.8 Å². The molecule has 4 aromatic rings. The summed E-state index contributed by atoms with van der Waals surface area (Å²) < 4.78 is 4.13. The van der Waals surface area contributed by atoms with Crippen molar-refractivity contribution in [2.75, 3.05) is 0 Å². The molecule has 0 aliphatic carbocycles. The van der Waals surface area contributed by atoms with Gasteiger partial charge in [-0.05, 0) is 26.0 Å². The SMILES string of the molecule is CCn1c(C(C)c2ccnn2-c2nccs2)nc2cnccc21.[CH3][Al]([CH3])[CH3]. The van der Waals surface area contributed by atoms with Crippen LogP contribution in [0.2, 0.25) is 17.4 Å². The second-order valence-electron chi connectivity index (χ2n) is 7.01. The molecule has 1 unspecified atom stereocenters. The fraction of sp³-hybridized carbons (Fsp3) is 0.368. The summed E-state index contributed by atoms with van der Waals surface area (Å²) in [5, 5.41) is 7.26. The van der Waals surface area contributed by atoms with Crippen LogP contribution in [-0.4, -0.2) is 43.4 Å². The monoisotopic (exact) mass is 396 g/mol. The van der Waals surface area contributed by atoms with E-state index in [1.54, 1.807) is 17.5 Å². The molecule has 0 aromatic carbocycles. The Morgan fingerprint density at radius 1 is 1.15 bits per heavy atom. The molecule has 0 N–H and O–H groups in total. The van der Waals surface area contributed by atoms with Crippen LogP contribution in [0.25, 0.3) is 16.2 Å². The first kappa shape index (κ1) is 19.7.